The van der Waals surface area contributed by atoms with Crippen molar-refractivity contribution in [3.63, 3.8) is 0 Å². The number of hydrogen-bond acceptors (Lipinski definition) is 4. The minimum Gasteiger partial charge on any atom is -0.334 e. The van der Waals surface area contributed by atoms with Crippen molar-refractivity contribution < 1.29 is 13.2 Å². The maximum atomic E-state index is 12.6. The number of aryl methyl sites for hydroxylation is 2. The van der Waals surface area contributed by atoms with Crippen LogP contribution in [0.2, 0.25) is 0 Å². The summed E-state index contributed by atoms with van der Waals surface area (Å²) in [6.07, 6.45) is 4.84. The van der Waals surface area contributed by atoms with Gasteiger partial charge in [-0.15, -0.1) is 0 Å². The maximum absolute atomic E-state index is 12.6. The Morgan fingerprint density at radius 1 is 1.29 bits per heavy atom. The number of carbonyl (C=O) groups excluding carboxylic acids is 1. The van der Waals surface area contributed by atoms with E-state index in [2.05, 4.69) is 4.98 Å². The summed E-state index contributed by atoms with van der Waals surface area (Å²) in [6.45, 7) is 2.45. The van der Waals surface area contributed by atoms with Gasteiger partial charge in [0.05, 0.1) is 0 Å². The third kappa shape index (κ3) is 3.67. The van der Waals surface area contributed by atoms with Crippen molar-refractivity contribution in [1.82, 2.24) is 14.5 Å². The van der Waals surface area contributed by atoms with Crippen LogP contribution in [0, 0.1) is 6.92 Å². The van der Waals surface area contributed by atoms with E-state index in [0.29, 0.717) is 6.54 Å². The van der Waals surface area contributed by atoms with Crippen LogP contribution in [0.25, 0.3) is 0 Å². The number of amides is 1. The zero-order chi connectivity index (χ0) is 17.3. The van der Waals surface area contributed by atoms with E-state index in [4.69, 9.17) is 0 Å². The fourth-order valence-corrected chi connectivity index (χ4v) is 4.00. The molecule has 1 aromatic heterocycles. The first-order valence-corrected chi connectivity index (χ1v) is 9.57. The van der Waals surface area contributed by atoms with E-state index in [1.165, 1.54) is 10.8 Å². The van der Waals surface area contributed by atoms with Crippen LogP contribution in [0.5, 0.6) is 0 Å². The average molecular weight is 347 g/mol. The van der Waals surface area contributed by atoms with Gasteiger partial charge in [0.25, 0.3) is 0 Å². The van der Waals surface area contributed by atoms with E-state index in [1.54, 1.807) is 18.1 Å². The molecule has 0 spiro atoms. The van der Waals surface area contributed by atoms with Crippen molar-refractivity contribution >= 4 is 15.7 Å². The molecule has 0 N–H and O–H groups in total. The van der Waals surface area contributed by atoms with E-state index in [0.717, 1.165) is 24.0 Å². The number of imidazole rings is 1. The van der Waals surface area contributed by atoms with Crippen LogP contribution in [0.3, 0.4) is 0 Å². The largest absolute Gasteiger partial charge is 0.334 e. The van der Waals surface area contributed by atoms with Gasteiger partial charge in [0.1, 0.15) is 5.75 Å². The molecule has 24 heavy (non-hydrogen) atoms. The number of benzene rings is 1. The van der Waals surface area contributed by atoms with Crippen molar-refractivity contribution in [2.24, 2.45) is 7.05 Å². The number of nitrogens with zero attached hydrogens (tertiary/aromatic N) is 3. The molecule has 1 aromatic carbocycles. The highest BCUT2D eigenvalue weighted by Gasteiger charge is 2.35. The monoisotopic (exact) mass is 347 g/mol. The highest BCUT2D eigenvalue weighted by Crippen LogP contribution is 2.29. The van der Waals surface area contributed by atoms with Gasteiger partial charge >= 0.3 is 0 Å². The Bertz CT molecular complexity index is 836. The van der Waals surface area contributed by atoms with Gasteiger partial charge in [-0.1, -0.05) is 29.8 Å². The van der Waals surface area contributed by atoms with Crippen LogP contribution in [0.1, 0.15) is 24.0 Å². The van der Waals surface area contributed by atoms with Crippen molar-refractivity contribution in [2.45, 2.75) is 37.5 Å². The molecule has 0 bridgehead atoms. The van der Waals surface area contributed by atoms with Gasteiger partial charge in [0, 0.05) is 32.0 Å². The third-order valence-electron chi connectivity index (χ3n) is 4.15. The van der Waals surface area contributed by atoms with Gasteiger partial charge in [-0.25, -0.2) is 13.4 Å². The highest BCUT2D eigenvalue weighted by molar-refractivity contribution is 7.91. The Hall–Kier alpha value is -2.15. The van der Waals surface area contributed by atoms with Gasteiger partial charge in [-0.05, 0) is 25.3 Å². The molecule has 3 rings (SSSR count). The van der Waals surface area contributed by atoms with Crippen molar-refractivity contribution in [3.8, 4) is 0 Å². The second kappa shape index (κ2) is 6.39. The molecule has 0 aliphatic heterocycles. The lowest BCUT2D eigenvalue weighted by Gasteiger charge is -2.22. The average Bonchev–Trinajstić information content (AvgIpc) is 3.26. The molecule has 6 nitrogen and oxygen atoms in total. The van der Waals surface area contributed by atoms with Crippen LogP contribution in [-0.2, 0) is 28.2 Å². The molecule has 0 unspecified atom stereocenters. The molecule has 2 aromatic rings. The Kier molecular flexibility index (Phi) is 4.45. The molecule has 1 heterocycles. The Morgan fingerprint density at radius 3 is 2.50 bits per heavy atom. The first kappa shape index (κ1) is 16.7. The topological polar surface area (TPSA) is 72.3 Å². The molecule has 7 heteroatoms. The van der Waals surface area contributed by atoms with Crippen LogP contribution >= 0.6 is 0 Å². The third-order valence-corrected chi connectivity index (χ3v) is 5.73. The quantitative estimate of drug-likeness (QED) is 0.797. The SMILES string of the molecule is Cc1ccc(CN(C(=O)CS(=O)(=O)c2nccn2C)C2CC2)cc1. The van der Waals surface area contributed by atoms with Crippen LogP contribution in [0.15, 0.2) is 41.8 Å². The van der Waals surface area contributed by atoms with Crippen molar-refractivity contribution in [1.29, 1.82) is 0 Å². The fourth-order valence-electron chi connectivity index (χ4n) is 2.66. The lowest BCUT2D eigenvalue weighted by Crippen LogP contribution is -2.37. The lowest BCUT2D eigenvalue weighted by atomic mass is 10.1. The van der Waals surface area contributed by atoms with E-state index < -0.39 is 15.6 Å². The van der Waals surface area contributed by atoms with Gasteiger partial charge in [-0.3, -0.25) is 4.79 Å². The summed E-state index contributed by atoms with van der Waals surface area (Å²) in [5.41, 5.74) is 2.16. The number of sulfone groups is 1. The van der Waals surface area contributed by atoms with Gasteiger partial charge in [0.15, 0.2) is 0 Å². The summed E-state index contributed by atoms with van der Waals surface area (Å²) in [5, 5.41) is -0.0677. The van der Waals surface area contributed by atoms with Crippen molar-refractivity contribution in [2.75, 3.05) is 5.75 Å². The molecule has 0 atom stereocenters. The van der Waals surface area contributed by atoms with Gasteiger partial charge in [0.2, 0.25) is 20.9 Å². The second-order valence-electron chi connectivity index (χ2n) is 6.32. The number of hydrogen-bond donors (Lipinski definition) is 0. The van der Waals surface area contributed by atoms with Gasteiger partial charge < -0.3 is 9.47 Å². The molecule has 1 amide bonds. The Labute approximate surface area is 142 Å². The molecule has 0 saturated heterocycles. The molecule has 1 fully saturated rings. The van der Waals surface area contributed by atoms with Crippen LogP contribution in [-0.4, -0.2) is 40.6 Å². The molecular weight excluding hydrogens is 326 g/mol. The van der Waals surface area contributed by atoms with Gasteiger partial charge in [-0.2, -0.15) is 0 Å². The number of carbonyl (C=O) groups is 1. The maximum Gasteiger partial charge on any atom is 0.238 e. The minimum atomic E-state index is -3.74. The predicted octanol–water partition coefficient (Wildman–Crippen LogP) is 1.69. The first-order chi connectivity index (χ1) is 11.4. The number of rotatable bonds is 6. The summed E-state index contributed by atoms with van der Waals surface area (Å²) >= 11 is 0. The zero-order valence-electron chi connectivity index (χ0n) is 13.8. The minimum absolute atomic E-state index is 0.0677. The molecule has 128 valence electrons. The normalized spacial score (nSPS) is 14.6. The fraction of sp³-hybridized carbons (Fsp3) is 0.412. The molecule has 0 radical (unpaired) electrons. The smallest absolute Gasteiger partial charge is 0.238 e. The predicted molar refractivity (Wildman–Crippen MR) is 90.0 cm³/mol. The van der Waals surface area contributed by atoms with Crippen LogP contribution in [0.4, 0.5) is 0 Å². The second-order valence-corrected chi connectivity index (χ2v) is 8.20. The Balaban J connectivity index is 1.75. The molecule has 1 aliphatic rings. The van der Waals surface area contributed by atoms with E-state index in [1.807, 2.05) is 31.2 Å². The standard InChI is InChI=1S/C17H21N3O3S/c1-13-3-5-14(6-4-13)11-20(15-7-8-15)16(21)12-24(22,23)17-18-9-10-19(17)2/h3-6,9-10,15H,7-8,11-12H2,1-2H3. The molecule has 1 saturated carbocycles. The zero-order valence-corrected chi connectivity index (χ0v) is 14.7. The summed E-state index contributed by atoms with van der Waals surface area (Å²) in [6, 6.07) is 8.09. The lowest BCUT2D eigenvalue weighted by molar-refractivity contribution is -0.129. The van der Waals surface area contributed by atoms with E-state index >= 15 is 0 Å². The van der Waals surface area contributed by atoms with E-state index in [-0.39, 0.29) is 17.1 Å². The number of aromatic nitrogens is 2. The Morgan fingerprint density at radius 2 is 1.96 bits per heavy atom. The summed E-state index contributed by atoms with van der Waals surface area (Å²) in [7, 11) is -2.13. The van der Waals surface area contributed by atoms with Crippen molar-refractivity contribution in [3.05, 3.63) is 47.8 Å². The summed E-state index contributed by atoms with van der Waals surface area (Å²) < 4.78 is 26.3. The first-order valence-electron chi connectivity index (χ1n) is 7.92. The highest BCUT2D eigenvalue weighted by atomic mass is 32.2. The molecular formula is C17H21N3O3S. The summed E-state index contributed by atoms with van der Waals surface area (Å²) in [4.78, 5) is 18.2. The summed E-state index contributed by atoms with van der Waals surface area (Å²) in [5.74, 6) is -0.902. The van der Waals surface area contributed by atoms with E-state index in [9.17, 15) is 13.2 Å². The molecule has 1 aliphatic carbocycles. The van der Waals surface area contributed by atoms with Crippen LogP contribution < -0.4 is 0 Å².